The third kappa shape index (κ3) is 6.73. The highest BCUT2D eigenvalue weighted by Gasteiger charge is 2.23. The van der Waals surface area contributed by atoms with Gasteiger partial charge in [-0.1, -0.05) is 26.7 Å². The third-order valence-corrected chi connectivity index (χ3v) is 5.98. The molecular weight excluding hydrogens is 490 g/mol. The molecule has 0 atom stereocenters. The number of rotatable bonds is 12. The summed E-state index contributed by atoms with van der Waals surface area (Å²) in [6.07, 6.45) is 7.23. The lowest BCUT2D eigenvalue weighted by Crippen LogP contribution is -2.18. The lowest BCUT2D eigenvalue weighted by Gasteiger charge is -2.14. The van der Waals surface area contributed by atoms with Crippen LogP contribution < -0.4 is 18.9 Å². The number of esters is 2. The second kappa shape index (κ2) is 13.3. The molecule has 0 saturated heterocycles. The summed E-state index contributed by atoms with van der Waals surface area (Å²) in [6, 6.07) is 7.31. The van der Waals surface area contributed by atoms with Gasteiger partial charge in [-0.25, -0.2) is 9.59 Å². The number of nitrogens with zero attached hydrogens (tertiary/aromatic N) is 1. The van der Waals surface area contributed by atoms with Crippen LogP contribution in [0.2, 0.25) is 0 Å². The molecule has 2 N–H and O–H groups in total. The zero-order valence-electron chi connectivity index (χ0n) is 22.1. The summed E-state index contributed by atoms with van der Waals surface area (Å²) >= 11 is 0. The molecule has 3 rings (SSSR count). The molecular formula is C29H33NO8. The topological polar surface area (TPSA) is 124 Å². The van der Waals surface area contributed by atoms with E-state index in [2.05, 4.69) is 4.98 Å². The number of hydrogen-bond donors (Lipinski definition) is 2. The molecule has 9 nitrogen and oxygen atoms in total. The number of hydrogen-bond acceptors (Lipinski definition) is 9. The molecule has 0 aliphatic heterocycles. The molecule has 0 aliphatic carbocycles. The smallest absolute Gasteiger partial charge is 0.345 e. The minimum atomic E-state index is -0.828. The minimum absolute atomic E-state index is 0.00319. The van der Waals surface area contributed by atoms with Crippen molar-refractivity contribution in [2.24, 2.45) is 0 Å². The van der Waals surface area contributed by atoms with Gasteiger partial charge >= 0.3 is 11.9 Å². The van der Waals surface area contributed by atoms with Crippen LogP contribution in [-0.4, -0.2) is 41.4 Å². The Morgan fingerprint density at radius 2 is 1.24 bits per heavy atom. The third-order valence-electron chi connectivity index (χ3n) is 5.98. The Morgan fingerprint density at radius 1 is 0.763 bits per heavy atom. The molecule has 0 aliphatic rings. The van der Waals surface area contributed by atoms with Crippen molar-refractivity contribution in [1.82, 2.24) is 4.98 Å². The Morgan fingerprint density at radius 3 is 1.68 bits per heavy atom. The first-order chi connectivity index (χ1) is 18.3. The summed E-state index contributed by atoms with van der Waals surface area (Å²) in [5.41, 5.74) is 1.02. The zero-order chi connectivity index (χ0) is 27.7. The van der Waals surface area contributed by atoms with Crippen molar-refractivity contribution in [3.63, 3.8) is 0 Å². The SMILES string of the molecule is CCCCc1cc(OC(=O)c2ccncc2C(=O)Oc2cc(CCCC)c(O)c(OC)c2)cc(OC)c1O. The van der Waals surface area contributed by atoms with Gasteiger partial charge in [0.15, 0.2) is 23.0 Å². The molecule has 202 valence electrons. The highest BCUT2D eigenvalue weighted by molar-refractivity contribution is 6.04. The molecule has 0 saturated carbocycles. The highest BCUT2D eigenvalue weighted by Crippen LogP contribution is 2.37. The zero-order valence-corrected chi connectivity index (χ0v) is 22.1. The van der Waals surface area contributed by atoms with Crippen molar-refractivity contribution < 1.29 is 38.7 Å². The number of aromatic hydroxyl groups is 2. The van der Waals surface area contributed by atoms with Gasteiger partial charge in [-0.15, -0.1) is 0 Å². The van der Waals surface area contributed by atoms with Gasteiger partial charge in [-0.2, -0.15) is 0 Å². The molecule has 0 fully saturated rings. The van der Waals surface area contributed by atoms with E-state index < -0.39 is 11.9 Å². The summed E-state index contributed by atoms with van der Waals surface area (Å²) in [5.74, 6) is -0.973. The number of aromatic nitrogens is 1. The maximum atomic E-state index is 13.1. The highest BCUT2D eigenvalue weighted by atomic mass is 16.5. The van der Waals surface area contributed by atoms with Gasteiger partial charge in [0.25, 0.3) is 0 Å². The van der Waals surface area contributed by atoms with Crippen LogP contribution >= 0.6 is 0 Å². The second-order valence-electron chi connectivity index (χ2n) is 8.67. The number of ether oxygens (including phenoxy) is 4. The maximum Gasteiger partial charge on any atom is 0.345 e. The Bertz CT molecular complexity index is 1190. The van der Waals surface area contributed by atoms with E-state index in [4.69, 9.17) is 18.9 Å². The maximum absolute atomic E-state index is 13.1. The van der Waals surface area contributed by atoms with Gasteiger partial charge in [0.2, 0.25) is 0 Å². The molecule has 38 heavy (non-hydrogen) atoms. The normalized spacial score (nSPS) is 10.6. The summed E-state index contributed by atoms with van der Waals surface area (Å²) in [6.45, 7) is 4.06. The van der Waals surface area contributed by atoms with Crippen LogP contribution in [0.15, 0.2) is 42.7 Å². The van der Waals surface area contributed by atoms with E-state index in [0.29, 0.717) is 24.0 Å². The first-order valence-corrected chi connectivity index (χ1v) is 12.5. The Balaban J connectivity index is 1.87. The molecule has 0 amide bonds. The summed E-state index contributed by atoms with van der Waals surface area (Å²) < 4.78 is 21.6. The van der Waals surface area contributed by atoms with Gasteiger partial charge in [0.1, 0.15) is 11.5 Å². The molecule has 1 aromatic heterocycles. The van der Waals surface area contributed by atoms with E-state index in [1.807, 2.05) is 13.8 Å². The number of aryl methyl sites for hydroxylation is 2. The van der Waals surface area contributed by atoms with Gasteiger partial charge in [-0.05, 0) is 43.9 Å². The molecule has 0 bridgehead atoms. The fourth-order valence-electron chi connectivity index (χ4n) is 3.88. The lowest BCUT2D eigenvalue weighted by molar-refractivity contribution is 0.0691. The van der Waals surface area contributed by atoms with Crippen molar-refractivity contribution in [2.45, 2.75) is 52.4 Å². The fourth-order valence-corrected chi connectivity index (χ4v) is 3.88. The van der Waals surface area contributed by atoms with Crippen molar-refractivity contribution >= 4 is 11.9 Å². The predicted octanol–water partition coefficient (Wildman–Crippen LogP) is 5.63. The van der Waals surface area contributed by atoms with Crippen LogP contribution in [0.25, 0.3) is 0 Å². The Labute approximate surface area is 222 Å². The quantitative estimate of drug-likeness (QED) is 0.229. The largest absolute Gasteiger partial charge is 0.504 e. The van der Waals surface area contributed by atoms with Crippen LogP contribution in [0.3, 0.4) is 0 Å². The average Bonchev–Trinajstić information content (AvgIpc) is 2.92. The molecule has 2 aromatic carbocycles. The molecule has 0 spiro atoms. The number of unbranched alkanes of at least 4 members (excludes halogenated alkanes) is 2. The van der Waals surface area contributed by atoms with E-state index in [1.165, 1.54) is 44.8 Å². The van der Waals surface area contributed by atoms with Crippen LogP contribution in [-0.2, 0) is 12.8 Å². The predicted molar refractivity (Wildman–Crippen MR) is 141 cm³/mol. The molecule has 0 radical (unpaired) electrons. The van der Waals surface area contributed by atoms with Crippen LogP contribution in [0.4, 0.5) is 0 Å². The standard InChI is InChI=1S/C29H33NO8/c1-5-7-9-18-13-20(15-24(35-3)26(18)31)37-28(33)22-11-12-30-17-23(22)29(34)38-21-14-19(10-8-6-2)27(32)25(16-21)36-4/h11-17,31-32H,5-10H2,1-4H3. The monoisotopic (exact) mass is 523 g/mol. The van der Waals surface area contributed by atoms with Crippen molar-refractivity contribution in [3.05, 3.63) is 65.0 Å². The Kier molecular flexibility index (Phi) is 9.92. The molecule has 3 aromatic rings. The second-order valence-corrected chi connectivity index (χ2v) is 8.67. The number of carbonyl (C=O) groups is 2. The number of methoxy groups -OCH3 is 2. The summed E-state index contributed by atoms with van der Waals surface area (Å²) in [5, 5.41) is 20.8. The number of benzene rings is 2. The van der Waals surface area contributed by atoms with Gasteiger partial charge < -0.3 is 29.2 Å². The number of phenols is 2. The minimum Gasteiger partial charge on any atom is -0.504 e. The Hall–Kier alpha value is -4.27. The van der Waals surface area contributed by atoms with Crippen LogP contribution in [0.5, 0.6) is 34.5 Å². The molecule has 1 heterocycles. The first kappa shape index (κ1) is 28.3. The van der Waals surface area contributed by atoms with Crippen LogP contribution in [0, 0.1) is 0 Å². The van der Waals surface area contributed by atoms with Crippen molar-refractivity contribution in [3.8, 4) is 34.5 Å². The molecule has 0 unspecified atom stereocenters. The van der Waals surface area contributed by atoms with Crippen LogP contribution in [0.1, 0.15) is 71.4 Å². The molecule has 9 heteroatoms. The van der Waals surface area contributed by atoms with E-state index in [9.17, 15) is 19.8 Å². The first-order valence-electron chi connectivity index (χ1n) is 12.5. The van der Waals surface area contributed by atoms with Crippen molar-refractivity contribution in [1.29, 1.82) is 0 Å². The summed E-state index contributed by atoms with van der Waals surface area (Å²) in [7, 11) is 2.82. The van der Waals surface area contributed by atoms with E-state index in [1.54, 1.807) is 12.1 Å². The summed E-state index contributed by atoms with van der Waals surface area (Å²) in [4.78, 5) is 30.2. The van der Waals surface area contributed by atoms with E-state index in [0.717, 1.165) is 25.7 Å². The lowest BCUT2D eigenvalue weighted by atomic mass is 10.1. The van der Waals surface area contributed by atoms with E-state index >= 15 is 0 Å². The number of pyridine rings is 1. The fraction of sp³-hybridized carbons (Fsp3) is 0.345. The average molecular weight is 524 g/mol. The van der Waals surface area contributed by atoms with E-state index in [-0.39, 0.29) is 45.6 Å². The van der Waals surface area contributed by atoms with Gasteiger partial charge in [-0.3, -0.25) is 4.98 Å². The van der Waals surface area contributed by atoms with Crippen molar-refractivity contribution in [2.75, 3.05) is 14.2 Å². The van der Waals surface area contributed by atoms with Gasteiger partial charge in [0.05, 0.1) is 25.3 Å². The number of phenolic OH excluding ortho intramolecular Hbond substituents is 2. The number of carbonyl (C=O) groups excluding carboxylic acids is 2. The van der Waals surface area contributed by atoms with Gasteiger partial charge in [0, 0.05) is 35.7 Å².